The maximum absolute atomic E-state index is 10.0. The monoisotopic (exact) mass is 480 g/mol. The molecule has 1 aliphatic heterocycles. The van der Waals surface area contributed by atoms with Gasteiger partial charge in [-0.25, -0.2) is 0 Å². The minimum Gasteiger partial charge on any atom is -0.497 e. The Bertz CT molecular complexity index is 1450. The Morgan fingerprint density at radius 2 is 1.75 bits per heavy atom. The number of nitrogens with one attached hydrogen (secondary N) is 1. The first-order valence-corrected chi connectivity index (χ1v) is 11.3. The highest BCUT2D eigenvalue weighted by Crippen LogP contribution is 2.48. The van der Waals surface area contributed by atoms with Crippen LogP contribution in [0, 0.1) is 11.3 Å². The van der Waals surface area contributed by atoms with E-state index in [1.165, 1.54) is 0 Å². The molecule has 3 aromatic carbocycles. The van der Waals surface area contributed by atoms with Gasteiger partial charge < -0.3 is 24.7 Å². The number of H-pyrrole nitrogens is 1. The lowest BCUT2D eigenvalue weighted by Gasteiger charge is -2.25. The largest absolute Gasteiger partial charge is 0.497 e. The molecule has 0 fully saturated rings. The Morgan fingerprint density at radius 1 is 1.00 bits per heavy atom. The summed E-state index contributed by atoms with van der Waals surface area (Å²) in [5.74, 6) is 1.68. The predicted molar refractivity (Wildman–Crippen MR) is 134 cm³/mol. The number of nitrogens with zero attached hydrogens (tertiary/aromatic N) is 2. The number of methoxy groups -OCH3 is 2. The number of aromatic amines is 1. The molecule has 180 valence electrons. The van der Waals surface area contributed by atoms with Crippen LogP contribution in [0.15, 0.2) is 84.3 Å². The highest BCUT2D eigenvalue weighted by molar-refractivity contribution is 5.72. The lowest BCUT2D eigenvalue weighted by Crippen LogP contribution is -2.21. The highest BCUT2D eigenvalue weighted by Gasteiger charge is 2.37. The average molecular weight is 481 g/mol. The Morgan fingerprint density at radius 3 is 2.44 bits per heavy atom. The molecule has 36 heavy (non-hydrogen) atoms. The maximum atomic E-state index is 10.0. The van der Waals surface area contributed by atoms with Gasteiger partial charge in [-0.1, -0.05) is 30.3 Å². The molecule has 1 aromatic heterocycles. The van der Waals surface area contributed by atoms with E-state index >= 15 is 0 Å². The molecule has 2 heterocycles. The molecule has 0 aliphatic carbocycles. The van der Waals surface area contributed by atoms with Crippen molar-refractivity contribution in [1.29, 1.82) is 5.26 Å². The van der Waals surface area contributed by atoms with Crippen LogP contribution in [-0.2, 0) is 6.61 Å². The summed E-state index contributed by atoms with van der Waals surface area (Å²) in [7, 11) is 3.16. The van der Waals surface area contributed by atoms with Crippen LogP contribution in [0.3, 0.4) is 0 Å². The fourth-order valence-electron chi connectivity index (χ4n) is 4.30. The molecule has 0 amide bonds. The van der Waals surface area contributed by atoms with Crippen molar-refractivity contribution >= 4 is 0 Å². The van der Waals surface area contributed by atoms with Gasteiger partial charge in [0.2, 0.25) is 11.8 Å². The summed E-state index contributed by atoms with van der Waals surface area (Å²) in [5.41, 5.74) is 10.4. The van der Waals surface area contributed by atoms with Gasteiger partial charge in [0.05, 0.1) is 31.4 Å². The maximum Gasteiger partial charge on any atom is 0.244 e. The molecule has 0 bridgehead atoms. The Labute approximate surface area is 208 Å². The van der Waals surface area contributed by atoms with Crippen LogP contribution in [-0.4, -0.2) is 24.4 Å². The number of fused-ring (bicyclic) bond motifs is 1. The molecule has 1 aliphatic rings. The molecule has 3 N–H and O–H groups in total. The second kappa shape index (κ2) is 9.76. The molecule has 0 saturated carbocycles. The van der Waals surface area contributed by atoms with E-state index in [4.69, 9.17) is 24.7 Å². The van der Waals surface area contributed by atoms with Crippen molar-refractivity contribution in [2.45, 2.75) is 12.5 Å². The third-order valence-corrected chi connectivity index (χ3v) is 6.08. The Kier molecular flexibility index (Phi) is 6.20. The second-order valence-corrected chi connectivity index (χ2v) is 8.15. The molecule has 8 nitrogen and oxygen atoms in total. The smallest absolute Gasteiger partial charge is 0.244 e. The van der Waals surface area contributed by atoms with Crippen molar-refractivity contribution in [3.8, 4) is 40.5 Å². The van der Waals surface area contributed by atoms with E-state index in [-0.39, 0.29) is 11.5 Å². The number of nitrogens with two attached hydrogens (primary N) is 1. The SMILES string of the molecule is COc1ccc(OC)c([C@@H]2C(C#N)=C(N)Oc3n[nH]c(-c4ccc(OCc5ccccc5)cc4)c32)c1. The normalized spacial score (nSPS) is 14.4. The summed E-state index contributed by atoms with van der Waals surface area (Å²) in [6.07, 6.45) is 0. The molecule has 4 aromatic rings. The third-order valence-electron chi connectivity index (χ3n) is 6.08. The number of benzene rings is 3. The number of rotatable bonds is 7. The van der Waals surface area contributed by atoms with Crippen LogP contribution in [0.5, 0.6) is 23.1 Å². The van der Waals surface area contributed by atoms with E-state index in [0.29, 0.717) is 40.8 Å². The van der Waals surface area contributed by atoms with Crippen molar-refractivity contribution in [3.63, 3.8) is 0 Å². The van der Waals surface area contributed by atoms with E-state index in [1.807, 2.05) is 60.7 Å². The summed E-state index contributed by atoms with van der Waals surface area (Å²) in [6.45, 7) is 0.473. The minimum atomic E-state index is -0.577. The minimum absolute atomic E-state index is 0.00239. The molecule has 5 rings (SSSR count). The van der Waals surface area contributed by atoms with Gasteiger partial charge >= 0.3 is 0 Å². The second-order valence-electron chi connectivity index (χ2n) is 8.15. The Balaban J connectivity index is 1.54. The number of allylic oxidation sites excluding steroid dienone is 1. The van der Waals surface area contributed by atoms with Crippen molar-refractivity contribution < 1.29 is 18.9 Å². The van der Waals surface area contributed by atoms with E-state index in [9.17, 15) is 5.26 Å². The lowest BCUT2D eigenvalue weighted by molar-refractivity contribution is 0.306. The molecule has 0 saturated heterocycles. The number of nitriles is 1. The Hall–Kier alpha value is -4.90. The zero-order valence-electron chi connectivity index (χ0n) is 19.8. The first kappa shape index (κ1) is 22.9. The van der Waals surface area contributed by atoms with Gasteiger partial charge in [-0.2, -0.15) is 5.26 Å². The predicted octanol–water partition coefficient (Wildman–Crippen LogP) is 4.89. The molecule has 1 atom stereocenters. The van der Waals surface area contributed by atoms with Gasteiger partial charge in [0.1, 0.15) is 35.5 Å². The molecule has 0 radical (unpaired) electrons. The number of hydrogen-bond donors (Lipinski definition) is 2. The molecule has 0 spiro atoms. The zero-order chi connectivity index (χ0) is 25.1. The van der Waals surface area contributed by atoms with Crippen molar-refractivity contribution in [2.75, 3.05) is 14.2 Å². The van der Waals surface area contributed by atoms with Crippen LogP contribution in [0.4, 0.5) is 0 Å². The van der Waals surface area contributed by atoms with E-state index in [0.717, 1.165) is 16.9 Å². The molecule has 8 heteroatoms. The number of hydrogen-bond acceptors (Lipinski definition) is 7. The van der Waals surface area contributed by atoms with Gasteiger partial charge in [-0.15, -0.1) is 5.10 Å². The van der Waals surface area contributed by atoms with Gasteiger partial charge in [-0.05, 0) is 48.0 Å². The number of ether oxygens (including phenoxy) is 4. The molecular weight excluding hydrogens is 456 g/mol. The average Bonchev–Trinajstić information content (AvgIpc) is 3.34. The summed E-state index contributed by atoms with van der Waals surface area (Å²) in [6, 6.07) is 25.3. The topological polar surface area (TPSA) is 115 Å². The van der Waals surface area contributed by atoms with E-state index in [2.05, 4.69) is 16.3 Å². The van der Waals surface area contributed by atoms with Crippen LogP contribution in [0.1, 0.15) is 22.6 Å². The lowest BCUT2D eigenvalue weighted by atomic mass is 9.82. The number of aromatic nitrogens is 2. The fourth-order valence-corrected chi connectivity index (χ4v) is 4.30. The zero-order valence-corrected chi connectivity index (χ0v) is 19.8. The summed E-state index contributed by atoms with van der Waals surface area (Å²) in [4.78, 5) is 0. The molecule has 0 unspecified atom stereocenters. The summed E-state index contributed by atoms with van der Waals surface area (Å²) in [5, 5.41) is 17.4. The van der Waals surface area contributed by atoms with E-state index < -0.39 is 5.92 Å². The van der Waals surface area contributed by atoms with Gasteiger partial charge in [0.15, 0.2) is 0 Å². The molecular formula is C28H24N4O4. The summed E-state index contributed by atoms with van der Waals surface area (Å²) < 4.78 is 22.7. The van der Waals surface area contributed by atoms with Crippen molar-refractivity contribution in [2.24, 2.45) is 5.73 Å². The van der Waals surface area contributed by atoms with Crippen molar-refractivity contribution in [3.05, 3.63) is 101 Å². The summed E-state index contributed by atoms with van der Waals surface area (Å²) >= 11 is 0. The fraction of sp³-hybridized carbons (Fsp3) is 0.143. The van der Waals surface area contributed by atoms with Crippen LogP contribution >= 0.6 is 0 Å². The van der Waals surface area contributed by atoms with Crippen molar-refractivity contribution in [1.82, 2.24) is 10.2 Å². The van der Waals surface area contributed by atoms with Crippen LogP contribution in [0.25, 0.3) is 11.3 Å². The van der Waals surface area contributed by atoms with Gasteiger partial charge in [-0.3, -0.25) is 5.10 Å². The van der Waals surface area contributed by atoms with Crippen LogP contribution < -0.4 is 24.7 Å². The van der Waals surface area contributed by atoms with Gasteiger partial charge in [0.25, 0.3) is 0 Å². The van der Waals surface area contributed by atoms with Crippen LogP contribution in [0.2, 0.25) is 0 Å². The first-order valence-electron chi connectivity index (χ1n) is 11.3. The highest BCUT2D eigenvalue weighted by atomic mass is 16.5. The van der Waals surface area contributed by atoms with Gasteiger partial charge in [0, 0.05) is 11.1 Å². The van der Waals surface area contributed by atoms with E-state index in [1.54, 1.807) is 26.4 Å². The third kappa shape index (κ3) is 4.18. The first-order chi connectivity index (χ1) is 17.6. The standard InChI is InChI=1S/C28H24N4O4/c1-33-20-12-13-23(34-2)21(14-20)24-22(15-29)27(30)36-28-25(24)26(31-32-28)18-8-10-19(11-9-18)35-16-17-6-4-3-5-7-17/h3-14,24H,16,30H2,1-2H3,(H,31,32)/t24-/m1/s1. The quantitative estimate of drug-likeness (QED) is 0.387.